The summed E-state index contributed by atoms with van der Waals surface area (Å²) < 4.78 is 5.46. The molecule has 4 heteroatoms. The molecule has 0 unspecified atom stereocenters. The summed E-state index contributed by atoms with van der Waals surface area (Å²) in [5.74, 6) is 1.77. The van der Waals surface area contributed by atoms with Crippen molar-refractivity contribution in [1.29, 1.82) is 0 Å². The summed E-state index contributed by atoms with van der Waals surface area (Å²) in [6.07, 6.45) is 0. The fourth-order valence-corrected chi connectivity index (χ4v) is 3.05. The highest BCUT2D eigenvalue weighted by Gasteiger charge is 2.03. The van der Waals surface area contributed by atoms with E-state index in [1.54, 1.807) is 11.8 Å². The monoisotopic (exact) mass is 336 g/mol. The van der Waals surface area contributed by atoms with Gasteiger partial charge in [0.2, 0.25) is 0 Å². The summed E-state index contributed by atoms with van der Waals surface area (Å²) in [6.45, 7) is 4.75. The van der Waals surface area contributed by atoms with Gasteiger partial charge in [0, 0.05) is 11.3 Å². The molecule has 122 valence electrons. The molecule has 0 saturated carbocycles. The van der Waals surface area contributed by atoms with E-state index < -0.39 is 0 Å². The predicted molar refractivity (Wildman–Crippen MR) is 99.4 cm³/mol. The molecule has 0 radical (unpaired) electrons. The highest BCUT2D eigenvalue weighted by molar-refractivity contribution is 7.98. The smallest absolute Gasteiger partial charge is 0.119 e. The van der Waals surface area contributed by atoms with Crippen LogP contribution in [0.2, 0.25) is 0 Å². The second-order valence-electron chi connectivity index (χ2n) is 5.49. The third kappa shape index (κ3) is 4.36. The van der Waals surface area contributed by atoms with Crippen molar-refractivity contribution in [1.82, 2.24) is 10.2 Å². The van der Waals surface area contributed by atoms with Gasteiger partial charge >= 0.3 is 0 Å². The second-order valence-corrected chi connectivity index (χ2v) is 6.48. The summed E-state index contributed by atoms with van der Waals surface area (Å²) in [5.41, 5.74) is 4.49. The van der Waals surface area contributed by atoms with Gasteiger partial charge in [-0.05, 0) is 55.8 Å². The molecule has 2 aromatic carbocycles. The normalized spacial score (nSPS) is 10.6. The molecule has 0 bridgehead atoms. The molecule has 3 aromatic rings. The quantitative estimate of drug-likeness (QED) is 0.584. The molecular weight excluding hydrogens is 316 g/mol. The Morgan fingerprint density at radius 2 is 1.62 bits per heavy atom. The van der Waals surface area contributed by atoms with Gasteiger partial charge in [0.15, 0.2) is 0 Å². The van der Waals surface area contributed by atoms with Gasteiger partial charge in [-0.2, -0.15) is 0 Å². The van der Waals surface area contributed by atoms with Crippen LogP contribution in [-0.4, -0.2) is 16.8 Å². The molecule has 24 heavy (non-hydrogen) atoms. The van der Waals surface area contributed by atoms with Gasteiger partial charge in [0.05, 0.1) is 12.3 Å². The summed E-state index contributed by atoms with van der Waals surface area (Å²) >= 11 is 1.70. The van der Waals surface area contributed by atoms with Crippen LogP contribution in [0, 0.1) is 6.92 Å². The second kappa shape index (κ2) is 7.97. The van der Waals surface area contributed by atoms with Gasteiger partial charge in [-0.1, -0.05) is 41.6 Å². The Hall–Kier alpha value is -2.33. The van der Waals surface area contributed by atoms with Crippen LogP contribution in [-0.2, 0) is 5.75 Å². The molecule has 1 aromatic heterocycles. The molecule has 0 aliphatic carbocycles. The number of hydrogen-bond donors (Lipinski definition) is 0. The summed E-state index contributed by atoms with van der Waals surface area (Å²) in [4.78, 5) is 0. The fourth-order valence-electron chi connectivity index (χ4n) is 2.28. The molecule has 0 amide bonds. The van der Waals surface area contributed by atoms with Crippen LogP contribution in [0.25, 0.3) is 11.3 Å². The van der Waals surface area contributed by atoms with E-state index in [1.165, 1.54) is 11.1 Å². The third-order valence-corrected chi connectivity index (χ3v) is 4.60. The molecule has 0 aliphatic heterocycles. The van der Waals surface area contributed by atoms with Crippen LogP contribution >= 0.6 is 11.8 Å². The molecule has 0 aliphatic rings. The Morgan fingerprint density at radius 3 is 2.25 bits per heavy atom. The first-order chi connectivity index (χ1) is 11.7. The SMILES string of the molecule is CCOc1ccc(-c2ccc(SCc3ccc(C)cc3)nn2)cc1. The third-order valence-electron chi connectivity index (χ3n) is 3.61. The first kappa shape index (κ1) is 16.5. The number of nitrogens with zero attached hydrogens (tertiary/aromatic N) is 2. The van der Waals surface area contributed by atoms with Crippen molar-refractivity contribution in [2.24, 2.45) is 0 Å². The van der Waals surface area contributed by atoms with Gasteiger partial charge in [0.25, 0.3) is 0 Å². The molecule has 0 saturated heterocycles. The van der Waals surface area contributed by atoms with Gasteiger partial charge in [-0.3, -0.25) is 0 Å². The molecule has 3 nitrogen and oxygen atoms in total. The van der Waals surface area contributed by atoms with E-state index in [9.17, 15) is 0 Å². The topological polar surface area (TPSA) is 35.0 Å². The lowest BCUT2D eigenvalue weighted by Gasteiger charge is -2.05. The molecule has 0 N–H and O–H groups in total. The Kier molecular flexibility index (Phi) is 5.49. The van der Waals surface area contributed by atoms with E-state index in [4.69, 9.17) is 4.74 Å². The van der Waals surface area contributed by atoms with E-state index in [0.717, 1.165) is 27.8 Å². The lowest BCUT2D eigenvalue weighted by Crippen LogP contribution is -1.92. The van der Waals surface area contributed by atoms with Gasteiger partial charge in [0.1, 0.15) is 10.8 Å². The van der Waals surface area contributed by atoms with Crippen LogP contribution in [0.5, 0.6) is 5.75 Å². The highest BCUT2D eigenvalue weighted by atomic mass is 32.2. The number of ether oxygens (including phenoxy) is 1. The van der Waals surface area contributed by atoms with Crippen molar-refractivity contribution >= 4 is 11.8 Å². The maximum atomic E-state index is 5.46. The molecule has 0 fully saturated rings. The lowest BCUT2D eigenvalue weighted by atomic mass is 10.1. The Bertz CT molecular complexity index is 768. The molecular formula is C20H20N2OS. The van der Waals surface area contributed by atoms with Gasteiger partial charge < -0.3 is 4.74 Å². The van der Waals surface area contributed by atoms with Crippen LogP contribution in [0.3, 0.4) is 0 Å². The summed E-state index contributed by atoms with van der Waals surface area (Å²) in [6, 6.07) is 20.6. The van der Waals surface area contributed by atoms with E-state index in [-0.39, 0.29) is 0 Å². The van der Waals surface area contributed by atoms with E-state index in [0.29, 0.717) is 6.61 Å². The zero-order valence-corrected chi connectivity index (χ0v) is 14.7. The molecule has 3 rings (SSSR count). The van der Waals surface area contributed by atoms with E-state index in [1.807, 2.05) is 43.3 Å². The summed E-state index contributed by atoms with van der Waals surface area (Å²) in [5, 5.41) is 9.60. The van der Waals surface area contributed by atoms with E-state index in [2.05, 4.69) is 41.4 Å². The first-order valence-corrected chi connectivity index (χ1v) is 8.98. The van der Waals surface area contributed by atoms with Crippen LogP contribution < -0.4 is 4.74 Å². The van der Waals surface area contributed by atoms with Crippen LogP contribution in [0.1, 0.15) is 18.1 Å². The van der Waals surface area contributed by atoms with Crippen molar-refractivity contribution in [3.05, 3.63) is 71.8 Å². The van der Waals surface area contributed by atoms with Crippen molar-refractivity contribution < 1.29 is 4.74 Å². The maximum Gasteiger partial charge on any atom is 0.119 e. The fraction of sp³-hybridized carbons (Fsp3) is 0.200. The zero-order chi connectivity index (χ0) is 16.8. The average Bonchev–Trinajstić information content (AvgIpc) is 2.63. The molecule has 1 heterocycles. The maximum absolute atomic E-state index is 5.46. The Labute approximate surface area is 147 Å². The van der Waals surface area contributed by atoms with Crippen LogP contribution in [0.15, 0.2) is 65.7 Å². The van der Waals surface area contributed by atoms with E-state index >= 15 is 0 Å². The standard InChI is InChI=1S/C20H20N2OS/c1-3-23-18-10-8-17(9-11-18)19-12-13-20(22-21-19)24-14-16-6-4-15(2)5-7-16/h4-13H,3,14H2,1-2H3. The van der Waals surface area contributed by atoms with Gasteiger partial charge in [-0.25, -0.2) is 0 Å². The van der Waals surface area contributed by atoms with Crippen molar-refractivity contribution in [3.8, 4) is 17.0 Å². The minimum absolute atomic E-state index is 0.673. The largest absolute Gasteiger partial charge is 0.494 e. The molecule has 0 spiro atoms. The van der Waals surface area contributed by atoms with Crippen molar-refractivity contribution in [3.63, 3.8) is 0 Å². The number of thioether (sulfide) groups is 1. The number of aryl methyl sites for hydroxylation is 1. The Morgan fingerprint density at radius 1 is 0.875 bits per heavy atom. The zero-order valence-electron chi connectivity index (χ0n) is 13.9. The lowest BCUT2D eigenvalue weighted by molar-refractivity contribution is 0.340. The first-order valence-electron chi connectivity index (χ1n) is 8.00. The summed E-state index contributed by atoms with van der Waals surface area (Å²) in [7, 11) is 0. The van der Waals surface area contributed by atoms with Crippen LogP contribution in [0.4, 0.5) is 0 Å². The highest BCUT2D eigenvalue weighted by Crippen LogP contribution is 2.24. The number of benzene rings is 2. The minimum Gasteiger partial charge on any atom is -0.494 e. The number of rotatable bonds is 6. The average molecular weight is 336 g/mol. The van der Waals surface area contributed by atoms with Crippen molar-refractivity contribution in [2.75, 3.05) is 6.61 Å². The number of hydrogen-bond acceptors (Lipinski definition) is 4. The van der Waals surface area contributed by atoms with Gasteiger partial charge in [-0.15, -0.1) is 10.2 Å². The minimum atomic E-state index is 0.673. The number of aromatic nitrogens is 2. The van der Waals surface area contributed by atoms with Crippen molar-refractivity contribution in [2.45, 2.75) is 24.6 Å². The molecule has 0 atom stereocenters. The predicted octanol–water partition coefficient (Wildman–Crippen LogP) is 5.14. The Balaban J connectivity index is 1.63.